The SMILES string of the molecule is Cc1ccc(S(=O)(=O)OCCOCCOc2ccc([N+](=O)[O-])cc2OCCOCCOS(=O)(=O)c2ccc(C)cc2)cc1. The van der Waals surface area contributed by atoms with Crippen LogP contribution in [0.2, 0.25) is 0 Å². The van der Waals surface area contributed by atoms with Gasteiger partial charge in [0.2, 0.25) is 0 Å². The second-order valence-corrected chi connectivity index (χ2v) is 12.2. The summed E-state index contributed by atoms with van der Waals surface area (Å²) >= 11 is 0. The lowest BCUT2D eigenvalue weighted by Gasteiger charge is -2.13. The number of nitro benzene ring substituents is 1. The van der Waals surface area contributed by atoms with Gasteiger partial charge in [0.15, 0.2) is 11.5 Å². The molecule has 0 saturated carbocycles. The highest BCUT2D eigenvalue weighted by atomic mass is 32.2. The van der Waals surface area contributed by atoms with Gasteiger partial charge in [-0.05, 0) is 44.2 Å². The minimum absolute atomic E-state index is 0.00840. The van der Waals surface area contributed by atoms with Crippen molar-refractivity contribution < 1.29 is 49.1 Å². The van der Waals surface area contributed by atoms with Crippen molar-refractivity contribution in [3.8, 4) is 11.5 Å². The average molecular weight is 640 g/mol. The summed E-state index contributed by atoms with van der Waals surface area (Å²) in [6, 6.07) is 16.4. The van der Waals surface area contributed by atoms with Crippen molar-refractivity contribution in [1.29, 1.82) is 0 Å². The van der Waals surface area contributed by atoms with Crippen LogP contribution in [0.15, 0.2) is 76.5 Å². The average Bonchev–Trinajstić information content (AvgIpc) is 2.97. The molecule has 0 amide bonds. The Balaban J connectivity index is 1.37. The van der Waals surface area contributed by atoms with E-state index in [9.17, 15) is 26.9 Å². The van der Waals surface area contributed by atoms with E-state index in [-0.39, 0.29) is 79.8 Å². The third-order valence-corrected chi connectivity index (χ3v) is 8.31. The molecule has 0 spiro atoms. The molecule has 3 aromatic carbocycles. The Labute approximate surface area is 250 Å². The Bertz CT molecular complexity index is 1540. The smallest absolute Gasteiger partial charge is 0.297 e. The molecule has 0 saturated heterocycles. The van der Waals surface area contributed by atoms with Crippen LogP contribution in [0.5, 0.6) is 11.5 Å². The number of non-ortho nitro benzene ring substituents is 1. The molecule has 234 valence electrons. The molecular weight excluding hydrogens is 606 g/mol. The number of benzene rings is 3. The zero-order valence-electron chi connectivity index (χ0n) is 23.7. The molecule has 13 nitrogen and oxygen atoms in total. The number of hydrogen-bond donors (Lipinski definition) is 0. The third-order valence-electron chi connectivity index (χ3n) is 5.66. The van der Waals surface area contributed by atoms with E-state index in [4.69, 9.17) is 27.3 Å². The fourth-order valence-corrected chi connectivity index (χ4v) is 5.20. The van der Waals surface area contributed by atoms with Gasteiger partial charge < -0.3 is 18.9 Å². The molecule has 0 bridgehead atoms. The lowest BCUT2D eigenvalue weighted by atomic mass is 10.2. The summed E-state index contributed by atoms with van der Waals surface area (Å²) < 4.78 is 80.6. The molecular formula is C28H33NO12S2. The maximum Gasteiger partial charge on any atom is 0.297 e. The molecule has 3 rings (SSSR count). The Morgan fingerprint density at radius 3 is 1.44 bits per heavy atom. The second kappa shape index (κ2) is 16.3. The molecule has 0 aromatic heterocycles. The van der Waals surface area contributed by atoms with Crippen molar-refractivity contribution in [2.24, 2.45) is 0 Å². The molecule has 0 aliphatic rings. The number of aryl methyl sites for hydroxylation is 2. The van der Waals surface area contributed by atoms with E-state index in [1.54, 1.807) is 24.3 Å². The number of ether oxygens (including phenoxy) is 4. The van der Waals surface area contributed by atoms with E-state index in [1.165, 1.54) is 42.5 Å². The van der Waals surface area contributed by atoms with Gasteiger partial charge in [-0.15, -0.1) is 0 Å². The van der Waals surface area contributed by atoms with Crippen molar-refractivity contribution in [3.63, 3.8) is 0 Å². The fraction of sp³-hybridized carbons (Fsp3) is 0.357. The lowest BCUT2D eigenvalue weighted by Crippen LogP contribution is -2.15. The maximum atomic E-state index is 12.2. The molecule has 3 aromatic rings. The van der Waals surface area contributed by atoms with Crippen molar-refractivity contribution in [2.75, 3.05) is 52.9 Å². The van der Waals surface area contributed by atoms with Crippen molar-refractivity contribution in [3.05, 3.63) is 88.0 Å². The van der Waals surface area contributed by atoms with Crippen LogP contribution in [0.1, 0.15) is 11.1 Å². The normalized spacial score (nSPS) is 11.8. The molecule has 0 fully saturated rings. The highest BCUT2D eigenvalue weighted by Gasteiger charge is 2.16. The second-order valence-electron chi connectivity index (χ2n) is 8.99. The third kappa shape index (κ3) is 11.2. The largest absolute Gasteiger partial charge is 0.487 e. The highest BCUT2D eigenvalue weighted by Crippen LogP contribution is 2.31. The van der Waals surface area contributed by atoms with E-state index in [1.807, 2.05) is 13.8 Å². The molecule has 0 unspecified atom stereocenters. The molecule has 0 aliphatic heterocycles. The van der Waals surface area contributed by atoms with Crippen LogP contribution in [-0.4, -0.2) is 74.6 Å². The Morgan fingerprint density at radius 2 is 1.00 bits per heavy atom. The molecule has 0 heterocycles. The summed E-state index contributed by atoms with van der Waals surface area (Å²) in [7, 11) is -7.80. The standard InChI is InChI=1S/C28H33NO12S2/c1-22-3-8-25(9-4-22)42(32,33)40-19-15-36-13-17-38-27-12-7-24(29(30)31)21-28(27)39-18-14-37-16-20-41-43(34,35)26-10-5-23(2)6-11-26/h3-12,21H,13-20H2,1-2H3. The Kier molecular flexibility index (Phi) is 12.9. The molecule has 0 radical (unpaired) electrons. The lowest BCUT2D eigenvalue weighted by molar-refractivity contribution is -0.385. The number of rotatable bonds is 19. The monoisotopic (exact) mass is 639 g/mol. The molecule has 0 N–H and O–H groups in total. The quantitative estimate of drug-likeness (QED) is 0.0806. The van der Waals surface area contributed by atoms with Gasteiger partial charge >= 0.3 is 0 Å². The molecule has 15 heteroatoms. The summed E-state index contributed by atoms with van der Waals surface area (Å²) in [5.41, 5.74) is 1.64. The van der Waals surface area contributed by atoms with Crippen LogP contribution < -0.4 is 9.47 Å². The maximum absolute atomic E-state index is 12.2. The van der Waals surface area contributed by atoms with Crippen LogP contribution in [0.3, 0.4) is 0 Å². The highest BCUT2D eigenvalue weighted by molar-refractivity contribution is 7.87. The summed E-state index contributed by atoms with van der Waals surface area (Å²) in [6.07, 6.45) is 0. The summed E-state index contributed by atoms with van der Waals surface area (Å²) in [5.74, 6) is 0.323. The number of hydrogen-bond acceptors (Lipinski definition) is 12. The van der Waals surface area contributed by atoms with Crippen LogP contribution in [0.4, 0.5) is 5.69 Å². The van der Waals surface area contributed by atoms with Crippen molar-refractivity contribution >= 4 is 25.9 Å². The minimum Gasteiger partial charge on any atom is -0.487 e. The van der Waals surface area contributed by atoms with Gasteiger partial charge in [-0.25, -0.2) is 0 Å². The van der Waals surface area contributed by atoms with Gasteiger partial charge in [-0.1, -0.05) is 35.4 Å². The number of nitro groups is 1. The zero-order chi connectivity index (χ0) is 31.3. The van der Waals surface area contributed by atoms with Gasteiger partial charge in [-0.3, -0.25) is 18.5 Å². The van der Waals surface area contributed by atoms with Gasteiger partial charge in [0.1, 0.15) is 13.2 Å². The summed E-state index contributed by atoms with van der Waals surface area (Å²) in [6.45, 7) is 3.42. The van der Waals surface area contributed by atoms with Gasteiger partial charge in [0.05, 0.1) is 60.4 Å². The minimum atomic E-state index is -3.90. The van der Waals surface area contributed by atoms with Crippen LogP contribution in [0, 0.1) is 24.0 Å². The molecule has 0 aliphatic carbocycles. The predicted octanol–water partition coefficient (Wildman–Crippen LogP) is 3.81. The Morgan fingerprint density at radius 1 is 0.581 bits per heavy atom. The van der Waals surface area contributed by atoms with Gasteiger partial charge in [0, 0.05) is 6.07 Å². The summed E-state index contributed by atoms with van der Waals surface area (Å²) in [5, 5.41) is 11.2. The van der Waals surface area contributed by atoms with Crippen LogP contribution >= 0.6 is 0 Å². The predicted molar refractivity (Wildman–Crippen MR) is 154 cm³/mol. The summed E-state index contributed by atoms with van der Waals surface area (Å²) in [4.78, 5) is 10.7. The number of nitrogens with zero attached hydrogens (tertiary/aromatic N) is 1. The van der Waals surface area contributed by atoms with Crippen LogP contribution in [-0.2, 0) is 38.1 Å². The van der Waals surface area contributed by atoms with Gasteiger partial charge in [-0.2, -0.15) is 16.8 Å². The molecule has 43 heavy (non-hydrogen) atoms. The van der Waals surface area contributed by atoms with Crippen LogP contribution in [0.25, 0.3) is 0 Å². The van der Waals surface area contributed by atoms with E-state index < -0.39 is 25.2 Å². The topological polar surface area (TPSA) is 167 Å². The van der Waals surface area contributed by atoms with Gasteiger partial charge in [0.25, 0.3) is 25.9 Å². The van der Waals surface area contributed by atoms with Crippen molar-refractivity contribution in [1.82, 2.24) is 0 Å². The first kappa shape index (κ1) is 33.9. The van der Waals surface area contributed by atoms with E-state index in [0.29, 0.717) is 0 Å². The first-order valence-electron chi connectivity index (χ1n) is 13.1. The zero-order valence-corrected chi connectivity index (χ0v) is 25.3. The van der Waals surface area contributed by atoms with E-state index in [0.717, 1.165) is 11.1 Å². The molecule has 0 atom stereocenters. The Hall–Kier alpha value is -3.60. The van der Waals surface area contributed by atoms with Crippen molar-refractivity contribution in [2.45, 2.75) is 23.6 Å². The van der Waals surface area contributed by atoms with E-state index in [2.05, 4.69) is 0 Å². The first-order valence-corrected chi connectivity index (χ1v) is 15.9. The van der Waals surface area contributed by atoms with E-state index >= 15 is 0 Å². The fourth-order valence-electron chi connectivity index (χ4n) is 3.42. The first-order chi connectivity index (χ1) is 20.5.